The maximum absolute atomic E-state index is 11.9. The van der Waals surface area contributed by atoms with Crippen molar-refractivity contribution in [2.24, 2.45) is 5.92 Å². The zero-order chi connectivity index (χ0) is 14.6. The van der Waals surface area contributed by atoms with Crippen molar-refractivity contribution in [1.82, 2.24) is 0 Å². The van der Waals surface area contributed by atoms with Gasteiger partial charge in [0.05, 0.1) is 18.4 Å². The van der Waals surface area contributed by atoms with E-state index in [1.54, 1.807) is 0 Å². The summed E-state index contributed by atoms with van der Waals surface area (Å²) >= 11 is 2.42. The summed E-state index contributed by atoms with van der Waals surface area (Å²) in [6, 6.07) is 0. The van der Waals surface area contributed by atoms with Crippen LogP contribution in [0.1, 0.15) is 51.4 Å². The van der Waals surface area contributed by atoms with Crippen LogP contribution in [0.4, 0.5) is 0 Å². The third-order valence-electron chi connectivity index (χ3n) is 4.79. The van der Waals surface area contributed by atoms with Gasteiger partial charge < -0.3 is 14.9 Å². The lowest BCUT2D eigenvalue weighted by Gasteiger charge is -2.62. The van der Waals surface area contributed by atoms with Crippen LogP contribution in [0.25, 0.3) is 0 Å². The van der Waals surface area contributed by atoms with Gasteiger partial charge in [0.2, 0.25) is 0 Å². The fourth-order valence-electron chi connectivity index (χ4n) is 4.80. The number of hydrogen-bond acceptors (Lipinski definition) is 4. The van der Waals surface area contributed by atoms with E-state index < -0.39 is 23.1 Å². The molecule has 20 heavy (non-hydrogen) atoms. The van der Waals surface area contributed by atoms with Crippen molar-refractivity contribution in [2.75, 3.05) is 0 Å². The number of carboxylic acids is 1. The lowest BCUT2D eigenvalue weighted by molar-refractivity contribution is -0.212. The molecule has 0 radical (unpaired) electrons. The molecule has 112 valence electrons. The molecule has 0 aromatic carbocycles. The summed E-state index contributed by atoms with van der Waals surface area (Å²) in [5, 5.41) is 19.3. The highest BCUT2D eigenvalue weighted by Crippen LogP contribution is 2.63. The van der Waals surface area contributed by atoms with Crippen LogP contribution in [-0.2, 0) is 14.3 Å². The van der Waals surface area contributed by atoms with Gasteiger partial charge >= 0.3 is 11.9 Å². The Morgan fingerprint density at radius 1 is 1.15 bits per heavy atom. The fourth-order valence-corrected chi connectivity index (χ4v) is 6.83. The van der Waals surface area contributed by atoms with Crippen molar-refractivity contribution < 1.29 is 24.5 Å². The van der Waals surface area contributed by atoms with Crippen molar-refractivity contribution in [1.29, 1.82) is 0 Å². The molecule has 0 heterocycles. The maximum atomic E-state index is 11.9. The molecule has 4 bridgehead atoms. The molecule has 4 aliphatic rings. The summed E-state index contributed by atoms with van der Waals surface area (Å²) < 4.78 is 5.69. The van der Waals surface area contributed by atoms with Crippen LogP contribution in [0, 0.1) is 5.92 Å². The average Bonchev–Trinajstić information content (AvgIpc) is 2.20. The minimum absolute atomic E-state index is 0.0268. The molecule has 4 atom stereocenters. The van der Waals surface area contributed by atoms with Gasteiger partial charge in [0.15, 0.2) is 0 Å². The standard InChI is InChI=1S/C14H19IO5/c15-12-3-9-4-13(19,6-12)8-14(5-9,7-12)20-11(18)2-1-10(16)17/h9,19H,1-8H2,(H,16,17). The first kappa shape index (κ1) is 14.6. The topological polar surface area (TPSA) is 83.8 Å². The Labute approximate surface area is 131 Å². The molecule has 0 aliphatic heterocycles. The van der Waals surface area contributed by atoms with Gasteiger partial charge in [-0.25, -0.2) is 0 Å². The summed E-state index contributed by atoms with van der Waals surface area (Å²) in [5.74, 6) is -1.02. The molecule has 6 heteroatoms. The summed E-state index contributed by atoms with van der Waals surface area (Å²) in [5.41, 5.74) is -1.27. The number of carbonyl (C=O) groups excluding carboxylic acids is 1. The van der Waals surface area contributed by atoms with Crippen LogP contribution in [0.2, 0.25) is 0 Å². The van der Waals surface area contributed by atoms with Crippen LogP contribution >= 0.6 is 22.6 Å². The Hall–Kier alpha value is -0.370. The molecule has 5 nitrogen and oxygen atoms in total. The monoisotopic (exact) mass is 394 g/mol. The van der Waals surface area contributed by atoms with Gasteiger partial charge in [-0.2, -0.15) is 0 Å². The lowest BCUT2D eigenvalue weighted by atomic mass is 9.52. The maximum Gasteiger partial charge on any atom is 0.306 e. The van der Waals surface area contributed by atoms with Gasteiger partial charge in [-0.1, -0.05) is 22.6 Å². The highest BCUT2D eigenvalue weighted by Gasteiger charge is 2.64. The summed E-state index contributed by atoms with van der Waals surface area (Å²) in [6.45, 7) is 0. The first-order valence-corrected chi connectivity index (χ1v) is 8.15. The molecule has 0 spiro atoms. The molecule has 4 unspecified atom stereocenters. The number of carbonyl (C=O) groups is 2. The normalized spacial score (nSPS) is 45.4. The highest BCUT2D eigenvalue weighted by atomic mass is 127. The van der Waals surface area contributed by atoms with Crippen molar-refractivity contribution >= 4 is 34.5 Å². The van der Waals surface area contributed by atoms with E-state index in [0.717, 1.165) is 32.1 Å². The van der Waals surface area contributed by atoms with E-state index in [4.69, 9.17) is 9.84 Å². The second-order valence-electron chi connectivity index (χ2n) is 6.93. The van der Waals surface area contributed by atoms with Crippen LogP contribution in [0.5, 0.6) is 0 Å². The first-order valence-electron chi connectivity index (χ1n) is 7.07. The molecular formula is C14H19IO5. The SMILES string of the molecule is O=C(O)CCC(=O)OC12CC3CC(O)(CC(I)(C3)C1)C2. The second-order valence-corrected chi connectivity index (χ2v) is 9.22. The Balaban J connectivity index is 1.72. The van der Waals surface area contributed by atoms with Crippen LogP contribution in [0.15, 0.2) is 0 Å². The zero-order valence-corrected chi connectivity index (χ0v) is 13.4. The van der Waals surface area contributed by atoms with Crippen molar-refractivity contribution in [3.8, 4) is 0 Å². The van der Waals surface area contributed by atoms with E-state index in [1.807, 2.05) is 0 Å². The van der Waals surface area contributed by atoms with E-state index in [1.165, 1.54) is 0 Å². The number of aliphatic carboxylic acids is 1. The molecule has 4 rings (SSSR count). The molecular weight excluding hydrogens is 375 g/mol. The summed E-state index contributed by atoms with van der Waals surface area (Å²) in [7, 11) is 0. The van der Waals surface area contributed by atoms with E-state index >= 15 is 0 Å². The Morgan fingerprint density at radius 3 is 2.50 bits per heavy atom. The zero-order valence-electron chi connectivity index (χ0n) is 11.2. The van der Waals surface area contributed by atoms with E-state index in [-0.39, 0.29) is 16.3 Å². The molecule has 0 saturated heterocycles. The van der Waals surface area contributed by atoms with Gasteiger partial charge in [0.25, 0.3) is 0 Å². The van der Waals surface area contributed by atoms with Gasteiger partial charge in [0, 0.05) is 16.3 Å². The van der Waals surface area contributed by atoms with E-state index in [2.05, 4.69) is 22.6 Å². The molecule has 0 aromatic rings. The number of rotatable bonds is 4. The molecule has 2 N–H and O–H groups in total. The van der Waals surface area contributed by atoms with Crippen LogP contribution < -0.4 is 0 Å². The number of aliphatic hydroxyl groups is 1. The van der Waals surface area contributed by atoms with E-state index in [0.29, 0.717) is 12.3 Å². The van der Waals surface area contributed by atoms with Gasteiger partial charge in [-0.3, -0.25) is 9.59 Å². The quantitative estimate of drug-likeness (QED) is 0.433. The largest absolute Gasteiger partial charge is 0.481 e. The minimum Gasteiger partial charge on any atom is -0.481 e. The Bertz CT molecular complexity index is 444. The van der Waals surface area contributed by atoms with Crippen LogP contribution in [0.3, 0.4) is 0 Å². The molecule has 0 aromatic heterocycles. The van der Waals surface area contributed by atoms with Gasteiger partial charge in [-0.05, 0) is 31.6 Å². The predicted octanol–water partition coefficient (Wildman–Crippen LogP) is 2.04. The molecule has 4 fully saturated rings. The second kappa shape index (κ2) is 4.56. The van der Waals surface area contributed by atoms with Crippen LogP contribution in [-0.4, -0.2) is 36.8 Å². The van der Waals surface area contributed by atoms with Crippen molar-refractivity contribution in [3.05, 3.63) is 0 Å². The average molecular weight is 394 g/mol. The summed E-state index contributed by atoms with van der Waals surface area (Å²) in [6.07, 6.45) is 4.52. The number of ether oxygens (including phenoxy) is 1. The van der Waals surface area contributed by atoms with E-state index in [9.17, 15) is 14.7 Å². The molecule has 4 aliphatic carbocycles. The number of alkyl halides is 1. The number of hydrogen-bond donors (Lipinski definition) is 2. The van der Waals surface area contributed by atoms with Crippen molar-refractivity contribution in [3.63, 3.8) is 0 Å². The number of halogens is 1. The number of esters is 1. The lowest BCUT2D eigenvalue weighted by Crippen LogP contribution is -2.65. The third kappa shape index (κ3) is 2.68. The minimum atomic E-state index is -0.989. The first-order chi connectivity index (χ1) is 9.22. The van der Waals surface area contributed by atoms with Gasteiger partial charge in [0.1, 0.15) is 5.60 Å². The third-order valence-corrected chi connectivity index (χ3v) is 6.00. The Morgan fingerprint density at radius 2 is 1.90 bits per heavy atom. The number of carboxylic acid groups (broad SMARTS) is 1. The van der Waals surface area contributed by atoms with Gasteiger partial charge in [-0.15, -0.1) is 0 Å². The smallest absolute Gasteiger partial charge is 0.306 e. The fraction of sp³-hybridized carbons (Fsp3) is 0.857. The predicted molar refractivity (Wildman–Crippen MR) is 78.6 cm³/mol. The molecule has 0 amide bonds. The molecule has 4 saturated carbocycles. The summed E-state index contributed by atoms with van der Waals surface area (Å²) in [4.78, 5) is 22.4. The highest BCUT2D eigenvalue weighted by molar-refractivity contribution is 14.1. The van der Waals surface area contributed by atoms with Crippen molar-refractivity contribution in [2.45, 2.75) is 66.0 Å². The Kier molecular flexibility index (Phi) is 3.32.